The predicted molar refractivity (Wildman–Crippen MR) is 141 cm³/mol. The zero-order valence-electron chi connectivity index (χ0n) is 19.6. The Kier molecular flexibility index (Phi) is 8.32. The molecule has 35 heavy (non-hydrogen) atoms. The number of benzene rings is 1. The number of hydrogen-bond acceptors (Lipinski definition) is 9. The van der Waals surface area contributed by atoms with Crippen molar-refractivity contribution in [2.45, 2.75) is 38.9 Å². The third-order valence-corrected chi connectivity index (χ3v) is 7.76. The number of aryl methyl sites for hydroxylation is 1. The number of aromatic nitrogens is 4. The number of carbonyl (C=O) groups excluding carboxylic acids is 2. The van der Waals surface area contributed by atoms with E-state index in [9.17, 15) is 9.59 Å². The second kappa shape index (κ2) is 11.6. The summed E-state index contributed by atoms with van der Waals surface area (Å²) in [5.41, 5.74) is 3.92. The van der Waals surface area contributed by atoms with Crippen molar-refractivity contribution in [2.24, 2.45) is 0 Å². The summed E-state index contributed by atoms with van der Waals surface area (Å²) >= 11 is 4.30. The molecule has 3 aromatic heterocycles. The topological polar surface area (TPSA) is 99.0 Å². The van der Waals surface area contributed by atoms with E-state index in [1.807, 2.05) is 29.7 Å². The van der Waals surface area contributed by atoms with Crippen LogP contribution in [0.2, 0.25) is 0 Å². The Hall–Kier alpha value is -3.02. The third-order valence-electron chi connectivity index (χ3n) is 5.07. The van der Waals surface area contributed by atoms with E-state index in [-0.39, 0.29) is 24.1 Å². The van der Waals surface area contributed by atoms with Gasteiger partial charge in [0.2, 0.25) is 5.91 Å². The highest BCUT2D eigenvalue weighted by Crippen LogP contribution is 2.39. The third kappa shape index (κ3) is 5.98. The number of nitrogens with zero attached hydrogens (tertiary/aromatic N) is 4. The Morgan fingerprint density at radius 2 is 1.91 bits per heavy atom. The van der Waals surface area contributed by atoms with Gasteiger partial charge in [-0.05, 0) is 26.3 Å². The molecule has 4 aromatic rings. The fourth-order valence-corrected chi connectivity index (χ4v) is 5.95. The van der Waals surface area contributed by atoms with Crippen LogP contribution < -0.4 is 5.32 Å². The van der Waals surface area contributed by atoms with Crippen LogP contribution in [0.1, 0.15) is 24.4 Å². The first kappa shape index (κ1) is 25.1. The molecule has 3 heterocycles. The van der Waals surface area contributed by atoms with Crippen LogP contribution in [0.4, 0.5) is 5.13 Å². The van der Waals surface area contributed by atoms with Crippen molar-refractivity contribution in [3.05, 3.63) is 51.7 Å². The lowest BCUT2D eigenvalue weighted by atomic mass is 10.0. The Balaban J connectivity index is 1.44. The Labute approximate surface area is 215 Å². The quantitative estimate of drug-likeness (QED) is 0.221. The molecule has 1 aromatic carbocycles. The van der Waals surface area contributed by atoms with Crippen LogP contribution in [-0.4, -0.2) is 44.0 Å². The highest BCUT2D eigenvalue weighted by atomic mass is 32.2. The molecule has 4 rings (SSSR count). The molecule has 0 radical (unpaired) electrons. The summed E-state index contributed by atoms with van der Waals surface area (Å²) in [6.45, 7) is 6.92. The van der Waals surface area contributed by atoms with Gasteiger partial charge in [0.15, 0.2) is 16.1 Å². The first-order valence-corrected chi connectivity index (χ1v) is 13.8. The van der Waals surface area contributed by atoms with E-state index in [1.54, 1.807) is 23.6 Å². The molecule has 0 atom stereocenters. The number of hydrogen-bond donors (Lipinski definition) is 1. The molecular weight excluding hydrogens is 502 g/mol. The van der Waals surface area contributed by atoms with Gasteiger partial charge in [-0.2, -0.15) is 0 Å². The van der Waals surface area contributed by atoms with Crippen LogP contribution in [0, 0.1) is 6.92 Å². The number of carbonyl (C=O) groups is 2. The monoisotopic (exact) mass is 527 g/mol. The molecular formula is C24H25N5O3S3. The molecule has 0 spiro atoms. The normalized spacial score (nSPS) is 10.9. The number of nitrogens with one attached hydrogen (secondary N) is 1. The lowest BCUT2D eigenvalue weighted by Gasteiger charge is -2.09. The van der Waals surface area contributed by atoms with Crippen LogP contribution in [0.25, 0.3) is 22.5 Å². The lowest BCUT2D eigenvalue weighted by Crippen LogP contribution is -2.15. The summed E-state index contributed by atoms with van der Waals surface area (Å²) in [7, 11) is 0. The average Bonchev–Trinajstić information content (AvgIpc) is 3.56. The Morgan fingerprint density at radius 1 is 1.11 bits per heavy atom. The van der Waals surface area contributed by atoms with Gasteiger partial charge in [0.1, 0.15) is 0 Å². The molecule has 0 aliphatic rings. The number of thioether (sulfide) groups is 1. The number of rotatable bonds is 10. The molecule has 182 valence electrons. The summed E-state index contributed by atoms with van der Waals surface area (Å²) in [6.07, 6.45) is 0.0877. The maximum atomic E-state index is 12.5. The van der Waals surface area contributed by atoms with Crippen molar-refractivity contribution in [3.8, 4) is 22.5 Å². The van der Waals surface area contributed by atoms with Gasteiger partial charge in [-0.3, -0.25) is 9.59 Å². The molecule has 1 N–H and O–H groups in total. The Morgan fingerprint density at radius 3 is 2.66 bits per heavy atom. The number of ether oxygens (including phenoxy) is 1. The van der Waals surface area contributed by atoms with Crippen LogP contribution in [0.15, 0.2) is 46.2 Å². The van der Waals surface area contributed by atoms with Gasteiger partial charge in [-0.25, -0.2) is 4.98 Å². The van der Waals surface area contributed by atoms with Crippen molar-refractivity contribution in [1.82, 2.24) is 19.7 Å². The second-order valence-corrected chi connectivity index (χ2v) is 10.3. The van der Waals surface area contributed by atoms with E-state index in [2.05, 4.69) is 44.9 Å². The zero-order valence-corrected chi connectivity index (χ0v) is 22.1. The van der Waals surface area contributed by atoms with Crippen LogP contribution in [0.5, 0.6) is 0 Å². The summed E-state index contributed by atoms with van der Waals surface area (Å²) in [5, 5.41) is 16.6. The number of thiophene rings is 1. The largest absolute Gasteiger partial charge is 0.466 e. The first-order valence-electron chi connectivity index (χ1n) is 11.1. The van der Waals surface area contributed by atoms with Crippen molar-refractivity contribution in [3.63, 3.8) is 0 Å². The van der Waals surface area contributed by atoms with Gasteiger partial charge in [0, 0.05) is 33.3 Å². The lowest BCUT2D eigenvalue weighted by molar-refractivity contribution is -0.142. The van der Waals surface area contributed by atoms with E-state index in [0.717, 1.165) is 22.5 Å². The SMILES string of the molecule is CCOC(=O)Cc1csc(NC(=O)CSc2nnc(-c3csc(C)c3-c3ccccc3)n2CC)n1. The molecule has 8 nitrogen and oxygen atoms in total. The molecule has 0 unspecified atom stereocenters. The van der Waals surface area contributed by atoms with Crippen molar-refractivity contribution >= 4 is 51.4 Å². The van der Waals surface area contributed by atoms with Gasteiger partial charge in [-0.1, -0.05) is 42.1 Å². The van der Waals surface area contributed by atoms with E-state index < -0.39 is 0 Å². The van der Waals surface area contributed by atoms with E-state index in [4.69, 9.17) is 4.74 Å². The van der Waals surface area contributed by atoms with E-state index >= 15 is 0 Å². The number of thiazole rings is 1. The molecule has 1 amide bonds. The molecule has 0 fully saturated rings. The standard InChI is InChI=1S/C24H25N5O3S3/c1-4-29-22(18-13-33-15(3)21(18)16-9-7-6-8-10-16)27-28-24(29)35-14-19(30)26-23-25-17(12-34-23)11-20(31)32-5-2/h6-10,12-13H,4-5,11,14H2,1-3H3,(H,25,26,30). The average molecular weight is 528 g/mol. The fourth-order valence-electron chi connectivity index (χ4n) is 3.55. The first-order chi connectivity index (χ1) is 17.0. The highest BCUT2D eigenvalue weighted by Gasteiger charge is 2.20. The van der Waals surface area contributed by atoms with E-state index in [0.29, 0.717) is 29.1 Å². The minimum atomic E-state index is -0.336. The number of esters is 1. The van der Waals surface area contributed by atoms with E-state index in [1.165, 1.54) is 28.0 Å². The highest BCUT2D eigenvalue weighted by molar-refractivity contribution is 7.99. The summed E-state index contributed by atoms with van der Waals surface area (Å²) in [5.74, 6) is 0.425. The fraction of sp³-hybridized carbons (Fsp3) is 0.292. The van der Waals surface area contributed by atoms with Crippen LogP contribution in [0.3, 0.4) is 0 Å². The van der Waals surface area contributed by atoms with Crippen LogP contribution in [-0.2, 0) is 27.3 Å². The molecule has 0 aliphatic heterocycles. The van der Waals surface area contributed by atoms with Gasteiger partial charge in [0.25, 0.3) is 0 Å². The summed E-state index contributed by atoms with van der Waals surface area (Å²) in [4.78, 5) is 29.6. The van der Waals surface area contributed by atoms with Gasteiger partial charge in [0.05, 0.1) is 24.5 Å². The van der Waals surface area contributed by atoms with Gasteiger partial charge < -0.3 is 14.6 Å². The summed E-state index contributed by atoms with van der Waals surface area (Å²) < 4.78 is 6.97. The van der Waals surface area contributed by atoms with Gasteiger partial charge in [-0.15, -0.1) is 32.9 Å². The Bertz CT molecular complexity index is 1310. The number of anilines is 1. The summed E-state index contributed by atoms with van der Waals surface area (Å²) in [6, 6.07) is 10.3. The molecule has 0 bridgehead atoms. The minimum Gasteiger partial charge on any atom is -0.466 e. The van der Waals surface area contributed by atoms with Crippen LogP contribution >= 0.6 is 34.4 Å². The molecule has 11 heteroatoms. The molecule has 0 aliphatic carbocycles. The van der Waals surface area contributed by atoms with Crippen molar-refractivity contribution in [2.75, 3.05) is 17.7 Å². The molecule has 0 saturated carbocycles. The molecule has 0 saturated heterocycles. The smallest absolute Gasteiger partial charge is 0.311 e. The number of amides is 1. The maximum Gasteiger partial charge on any atom is 0.311 e. The minimum absolute atomic E-state index is 0.0877. The maximum absolute atomic E-state index is 12.5. The second-order valence-electron chi connectivity index (χ2n) is 7.46. The van der Waals surface area contributed by atoms with Crippen molar-refractivity contribution in [1.29, 1.82) is 0 Å². The van der Waals surface area contributed by atoms with Gasteiger partial charge >= 0.3 is 5.97 Å². The predicted octanol–water partition coefficient (Wildman–Crippen LogP) is 5.29. The zero-order chi connectivity index (χ0) is 24.8. The van der Waals surface area contributed by atoms with Crippen molar-refractivity contribution < 1.29 is 14.3 Å².